The fourth-order valence-electron chi connectivity index (χ4n) is 1.53. The molecule has 0 aliphatic rings. The van der Waals surface area contributed by atoms with Crippen LogP contribution in [0.4, 0.5) is 26.3 Å². The normalized spacial score (nSPS) is 14.5. The summed E-state index contributed by atoms with van der Waals surface area (Å²) in [7, 11) is 0. The molecule has 1 aromatic carbocycles. The van der Waals surface area contributed by atoms with Gasteiger partial charge in [-0.15, -0.1) is 0 Å². The zero-order valence-corrected chi connectivity index (χ0v) is 10.2. The Hall–Kier alpha value is -0.950. The highest BCUT2D eigenvalue weighted by molar-refractivity contribution is 6.32. The van der Waals surface area contributed by atoms with Gasteiger partial charge in [0.15, 0.2) is 0 Å². The summed E-state index contributed by atoms with van der Waals surface area (Å²) in [6.07, 6.45) is -10.8. The van der Waals surface area contributed by atoms with Gasteiger partial charge < -0.3 is 5.73 Å². The Balaban J connectivity index is 2.96. The van der Waals surface area contributed by atoms with Crippen molar-refractivity contribution in [3.8, 4) is 0 Å². The first-order chi connectivity index (χ1) is 8.52. The monoisotopic (exact) mass is 305 g/mol. The van der Waals surface area contributed by atoms with Crippen molar-refractivity contribution in [2.75, 3.05) is 0 Å². The highest BCUT2D eigenvalue weighted by Gasteiger charge is 2.35. The van der Waals surface area contributed by atoms with Crippen molar-refractivity contribution in [2.24, 2.45) is 5.73 Å². The molecule has 0 saturated heterocycles. The Bertz CT molecular complexity index is 440. The molecular weight excluding hydrogens is 296 g/mol. The molecule has 0 fully saturated rings. The Morgan fingerprint density at radius 1 is 1.11 bits per heavy atom. The molecule has 0 aromatic heterocycles. The van der Waals surface area contributed by atoms with Gasteiger partial charge in [-0.3, -0.25) is 0 Å². The van der Waals surface area contributed by atoms with E-state index in [4.69, 9.17) is 17.3 Å². The summed E-state index contributed by atoms with van der Waals surface area (Å²) >= 11 is 5.56. The first-order valence-corrected chi connectivity index (χ1v) is 5.58. The quantitative estimate of drug-likeness (QED) is 0.805. The Kier molecular flexibility index (Phi) is 4.73. The van der Waals surface area contributed by atoms with Crippen LogP contribution in [0.2, 0.25) is 5.02 Å². The molecule has 0 amide bonds. The van der Waals surface area contributed by atoms with E-state index in [1.54, 1.807) is 0 Å². The van der Waals surface area contributed by atoms with Crippen molar-refractivity contribution in [2.45, 2.75) is 31.2 Å². The van der Waals surface area contributed by atoms with Crippen LogP contribution in [0.3, 0.4) is 0 Å². The second kappa shape index (κ2) is 5.58. The summed E-state index contributed by atoms with van der Waals surface area (Å²) in [5, 5.41) is -0.648. The highest BCUT2D eigenvalue weighted by atomic mass is 35.5. The minimum absolute atomic E-state index is 0.138. The molecule has 0 spiro atoms. The molecule has 1 rings (SSSR count). The SMILES string of the molecule is N[C@H](CCC(F)(F)F)c1cccc(C(F)(F)F)c1Cl. The highest BCUT2D eigenvalue weighted by Crippen LogP contribution is 2.38. The van der Waals surface area contributed by atoms with E-state index in [1.807, 2.05) is 0 Å². The Morgan fingerprint density at radius 3 is 2.16 bits per heavy atom. The third-order valence-corrected chi connectivity index (χ3v) is 2.89. The first kappa shape index (κ1) is 16.1. The Morgan fingerprint density at radius 2 is 1.68 bits per heavy atom. The third kappa shape index (κ3) is 4.58. The van der Waals surface area contributed by atoms with Gasteiger partial charge in [-0.1, -0.05) is 23.7 Å². The van der Waals surface area contributed by atoms with Gasteiger partial charge in [0.1, 0.15) is 0 Å². The van der Waals surface area contributed by atoms with Crippen molar-refractivity contribution in [3.63, 3.8) is 0 Å². The number of hydrogen-bond donors (Lipinski definition) is 1. The summed E-state index contributed by atoms with van der Waals surface area (Å²) in [6.45, 7) is 0. The lowest BCUT2D eigenvalue weighted by Gasteiger charge is -2.18. The molecule has 0 aliphatic carbocycles. The van der Waals surface area contributed by atoms with Crippen LogP contribution < -0.4 is 5.73 Å². The van der Waals surface area contributed by atoms with E-state index in [0.717, 1.165) is 12.1 Å². The summed E-state index contributed by atoms with van der Waals surface area (Å²) in [4.78, 5) is 0. The second-order valence-corrected chi connectivity index (χ2v) is 4.34. The molecule has 108 valence electrons. The van der Waals surface area contributed by atoms with Gasteiger partial charge in [-0.2, -0.15) is 26.3 Å². The zero-order chi connectivity index (χ0) is 14.8. The van der Waals surface area contributed by atoms with E-state index in [2.05, 4.69) is 0 Å². The molecule has 0 radical (unpaired) electrons. The van der Waals surface area contributed by atoms with Crippen molar-refractivity contribution in [3.05, 3.63) is 34.3 Å². The topological polar surface area (TPSA) is 26.0 Å². The number of hydrogen-bond acceptors (Lipinski definition) is 1. The van der Waals surface area contributed by atoms with Gasteiger partial charge in [-0.05, 0) is 18.1 Å². The molecule has 8 heteroatoms. The fourth-order valence-corrected chi connectivity index (χ4v) is 1.90. The number of alkyl halides is 6. The summed E-state index contributed by atoms with van der Waals surface area (Å²) in [5.41, 5.74) is 4.22. The Labute approximate surface area is 110 Å². The molecule has 1 aromatic rings. The molecular formula is C11H10ClF6N. The van der Waals surface area contributed by atoms with Crippen molar-refractivity contribution < 1.29 is 26.3 Å². The number of benzene rings is 1. The maximum Gasteiger partial charge on any atom is 0.417 e. The van der Waals surface area contributed by atoms with Crippen LogP contribution in [-0.4, -0.2) is 6.18 Å². The maximum atomic E-state index is 12.6. The standard InChI is InChI=1S/C11H10ClF6N/c12-9-6(8(19)4-5-10(13,14)15)2-1-3-7(9)11(16,17)18/h1-3,8H,4-5,19H2/t8-/m1/s1. The third-order valence-electron chi connectivity index (χ3n) is 2.47. The molecule has 0 aliphatic heterocycles. The summed E-state index contributed by atoms with van der Waals surface area (Å²) in [6, 6.07) is 1.81. The number of halogens is 7. The van der Waals surface area contributed by atoms with Gasteiger partial charge in [0, 0.05) is 12.5 Å². The fraction of sp³-hybridized carbons (Fsp3) is 0.455. The van der Waals surface area contributed by atoms with Gasteiger partial charge in [0.05, 0.1) is 10.6 Å². The lowest BCUT2D eigenvalue weighted by atomic mass is 10.00. The van der Waals surface area contributed by atoms with E-state index in [-0.39, 0.29) is 5.56 Å². The van der Waals surface area contributed by atoms with E-state index < -0.39 is 41.8 Å². The van der Waals surface area contributed by atoms with Crippen molar-refractivity contribution in [1.29, 1.82) is 0 Å². The zero-order valence-electron chi connectivity index (χ0n) is 9.45. The van der Waals surface area contributed by atoms with Gasteiger partial charge >= 0.3 is 12.4 Å². The predicted molar refractivity (Wildman–Crippen MR) is 58.7 cm³/mol. The van der Waals surface area contributed by atoms with Crippen molar-refractivity contribution in [1.82, 2.24) is 0 Å². The molecule has 0 unspecified atom stereocenters. The average molecular weight is 306 g/mol. The van der Waals surface area contributed by atoms with Crippen LogP contribution in [0.1, 0.15) is 30.0 Å². The molecule has 1 atom stereocenters. The molecule has 0 saturated carbocycles. The smallest absolute Gasteiger partial charge is 0.324 e. The molecule has 2 N–H and O–H groups in total. The number of rotatable bonds is 3. The predicted octanol–water partition coefficient (Wildman–Crippen LogP) is 4.70. The van der Waals surface area contributed by atoms with Crippen LogP contribution in [0.15, 0.2) is 18.2 Å². The lowest BCUT2D eigenvalue weighted by molar-refractivity contribution is -0.138. The summed E-state index contributed by atoms with van der Waals surface area (Å²) in [5.74, 6) is 0. The van der Waals surface area contributed by atoms with Gasteiger partial charge in [0.25, 0.3) is 0 Å². The van der Waals surface area contributed by atoms with E-state index in [9.17, 15) is 26.3 Å². The van der Waals surface area contributed by atoms with Crippen LogP contribution in [0, 0.1) is 0 Å². The van der Waals surface area contributed by atoms with Gasteiger partial charge in [0.2, 0.25) is 0 Å². The largest absolute Gasteiger partial charge is 0.417 e. The van der Waals surface area contributed by atoms with Crippen LogP contribution in [0.25, 0.3) is 0 Å². The molecule has 1 nitrogen and oxygen atoms in total. The van der Waals surface area contributed by atoms with Crippen LogP contribution in [-0.2, 0) is 6.18 Å². The summed E-state index contributed by atoms with van der Waals surface area (Å²) < 4.78 is 73.8. The van der Waals surface area contributed by atoms with E-state index >= 15 is 0 Å². The van der Waals surface area contributed by atoms with E-state index in [0.29, 0.717) is 0 Å². The molecule has 0 bridgehead atoms. The van der Waals surface area contributed by atoms with Gasteiger partial charge in [-0.25, -0.2) is 0 Å². The average Bonchev–Trinajstić information content (AvgIpc) is 2.23. The second-order valence-electron chi connectivity index (χ2n) is 3.97. The number of nitrogens with two attached hydrogens (primary N) is 1. The van der Waals surface area contributed by atoms with E-state index in [1.165, 1.54) is 6.07 Å². The lowest BCUT2D eigenvalue weighted by Crippen LogP contribution is -2.17. The van der Waals surface area contributed by atoms with Crippen LogP contribution >= 0.6 is 11.6 Å². The first-order valence-electron chi connectivity index (χ1n) is 5.20. The van der Waals surface area contributed by atoms with Crippen molar-refractivity contribution >= 4 is 11.6 Å². The van der Waals surface area contributed by atoms with Crippen LogP contribution in [0.5, 0.6) is 0 Å². The minimum atomic E-state index is -4.67. The molecule has 0 heterocycles. The maximum absolute atomic E-state index is 12.6. The minimum Gasteiger partial charge on any atom is -0.324 e. The molecule has 19 heavy (non-hydrogen) atoms.